The summed E-state index contributed by atoms with van der Waals surface area (Å²) in [6, 6.07) is -0.181. The first-order chi connectivity index (χ1) is 7.01. The molecule has 0 amide bonds. The minimum Gasteiger partial charge on any atom is -0.395 e. The van der Waals surface area contributed by atoms with Crippen LogP contribution in [0, 0.1) is 5.92 Å². The molecule has 1 unspecified atom stereocenters. The molecule has 1 aliphatic heterocycles. The van der Waals surface area contributed by atoms with E-state index in [1.165, 1.54) is 4.31 Å². The van der Waals surface area contributed by atoms with E-state index in [1.807, 2.05) is 13.8 Å². The smallest absolute Gasteiger partial charge is 0.214 e. The SMILES string of the molecule is CCC(C)CS(=O)(=O)N1CCC[C@H]1CO. The molecule has 1 heterocycles. The van der Waals surface area contributed by atoms with E-state index in [0.717, 1.165) is 19.3 Å². The Balaban J connectivity index is 2.68. The molecule has 90 valence electrons. The Morgan fingerprint density at radius 2 is 2.20 bits per heavy atom. The fourth-order valence-electron chi connectivity index (χ4n) is 1.93. The molecule has 0 saturated carbocycles. The van der Waals surface area contributed by atoms with E-state index in [1.54, 1.807) is 0 Å². The molecule has 4 nitrogen and oxygen atoms in total. The maximum atomic E-state index is 12.0. The second-order valence-electron chi connectivity index (χ2n) is 4.38. The van der Waals surface area contributed by atoms with Gasteiger partial charge in [0.15, 0.2) is 0 Å². The average molecular weight is 235 g/mol. The van der Waals surface area contributed by atoms with E-state index in [2.05, 4.69) is 0 Å². The van der Waals surface area contributed by atoms with E-state index in [9.17, 15) is 8.42 Å². The van der Waals surface area contributed by atoms with Gasteiger partial charge in [-0.25, -0.2) is 8.42 Å². The monoisotopic (exact) mass is 235 g/mol. The number of rotatable bonds is 5. The van der Waals surface area contributed by atoms with Crippen molar-refractivity contribution in [2.75, 3.05) is 18.9 Å². The maximum Gasteiger partial charge on any atom is 0.214 e. The first kappa shape index (κ1) is 12.9. The molecule has 5 heteroatoms. The molecule has 1 aliphatic rings. The van der Waals surface area contributed by atoms with Crippen LogP contribution in [0.4, 0.5) is 0 Å². The molecule has 1 rings (SSSR count). The van der Waals surface area contributed by atoms with Crippen molar-refractivity contribution in [3.63, 3.8) is 0 Å². The van der Waals surface area contributed by atoms with E-state index >= 15 is 0 Å². The van der Waals surface area contributed by atoms with Gasteiger partial charge in [-0.05, 0) is 18.8 Å². The van der Waals surface area contributed by atoms with Crippen molar-refractivity contribution in [1.29, 1.82) is 0 Å². The summed E-state index contributed by atoms with van der Waals surface area (Å²) in [4.78, 5) is 0. The van der Waals surface area contributed by atoms with E-state index in [4.69, 9.17) is 5.11 Å². The van der Waals surface area contributed by atoms with Crippen molar-refractivity contribution in [2.24, 2.45) is 5.92 Å². The summed E-state index contributed by atoms with van der Waals surface area (Å²) in [7, 11) is -3.16. The predicted molar refractivity (Wildman–Crippen MR) is 60.1 cm³/mol. The van der Waals surface area contributed by atoms with Crippen LogP contribution < -0.4 is 0 Å². The number of nitrogens with zero attached hydrogens (tertiary/aromatic N) is 1. The van der Waals surface area contributed by atoms with Crippen LogP contribution in [-0.2, 0) is 10.0 Å². The second kappa shape index (κ2) is 5.27. The van der Waals surface area contributed by atoms with Gasteiger partial charge in [-0.1, -0.05) is 20.3 Å². The number of aliphatic hydroxyl groups excluding tert-OH is 1. The minimum atomic E-state index is -3.16. The summed E-state index contributed by atoms with van der Waals surface area (Å²) >= 11 is 0. The topological polar surface area (TPSA) is 57.6 Å². The fraction of sp³-hybridized carbons (Fsp3) is 1.00. The zero-order chi connectivity index (χ0) is 11.5. The normalized spacial score (nSPS) is 25.7. The third-order valence-corrected chi connectivity index (χ3v) is 5.27. The first-order valence-corrected chi connectivity index (χ1v) is 7.22. The van der Waals surface area contributed by atoms with Crippen molar-refractivity contribution in [1.82, 2.24) is 4.31 Å². The third kappa shape index (κ3) is 3.16. The highest BCUT2D eigenvalue weighted by Gasteiger charge is 2.33. The molecule has 15 heavy (non-hydrogen) atoms. The first-order valence-electron chi connectivity index (χ1n) is 5.61. The predicted octanol–water partition coefficient (Wildman–Crippen LogP) is 0.819. The van der Waals surface area contributed by atoms with E-state index in [0.29, 0.717) is 6.54 Å². The van der Waals surface area contributed by atoms with E-state index in [-0.39, 0.29) is 24.3 Å². The Hall–Kier alpha value is -0.130. The van der Waals surface area contributed by atoms with Crippen molar-refractivity contribution in [2.45, 2.75) is 39.2 Å². The number of hydrogen-bond donors (Lipinski definition) is 1. The van der Waals surface area contributed by atoms with Crippen LogP contribution in [0.5, 0.6) is 0 Å². The van der Waals surface area contributed by atoms with Gasteiger partial charge in [-0.15, -0.1) is 0 Å². The lowest BCUT2D eigenvalue weighted by molar-refractivity contribution is 0.213. The Labute approximate surface area is 92.3 Å². The van der Waals surface area contributed by atoms with Gasteiger partial charge in [-0.2, -0.15) is 4.31 Å². The molecular formula is C10H21NO3S. The van der Waals surface area contributed by atoms with Crippen LogP contribution in [0.15, 0.2) is 0 Å². The number of hydrogen-bond acceptors (Lipinski definition) is 3. The molecule has 0 aromatic carbocycles. The summed E-state index contributed by atoms with van der Waals surface area (Å²) in [5.74, 6) is 0.398. The summed E-state index contributed by atoms with van der Waals surface area (Å²) in [5, 5.41) is 9.08. The Morgan fingerprint density at radius 1 is 1.53 bits per heavy atom. The third-order valence-electron chi connectivity index (χ3n) is 3.08. The lowest BCUT2D eigenvalue weighted by Gasteiger charge is -2.23. The highest BCUT2D eigenvalue weighted by atomic mass is 32.2. The Bertz CT molecular complexity index is 289. The van der Waals surface area contributed by atoms with Crippen LogP contribution in [-0.4, -0.2) is 42.8 Å². The second-order valence-corrected chi connectivity index (χ2v) is 6.35. The Kier molecular flexibility index (Phi) is 4.55. The molecule has 0 aromatic rings. The summed E-state index contributed by atoms with van der Waals surface area (Å²) in [5.41, 5.74) is 0. The van der Waals surface area contributed by atoms with Crippen molar-refractivity contribution in [3.8, 4) is 0 Å². The van der Waals surface area contributed by atoms with Gasteiger partial charge in [0.2, 0.25) is 10.0 Å². The number of sulfonamides is 1. The van der Waals surface area contributed by atoms with Gasteiger partial charge >= 0.3 is 0 Å². The Morgan fingerprint density at radius 3 is 2.73 bits per heavy atom. The molecule has 2 atom stereocenters. The summed E-state index contributed by atoms with van der Waals surface area (Å²) in [6.45, 7) is 4.46. The molecule has 1 fully saturated rings. The molecule has 0 aromatic heterocycles. The zero-order valence-electron chi connectivity index (χ0n) is 9.52. The van der Waals surface area contributed by atoms with Crippen LogP contribution >= 0.6 is 0 Å². The number of aliphatic hydroxyl groups is 1. The van der Waals surface area contributed by atoms with Crippen molar-refractivity contribution < 1.29 is 13.5 Å². The summed E-state index contributed by atoms with van der Waals surface area (Å²) < 4.78 is 25.5. The lowest BCUT2D eigenvalue weighted by atomic mass is 10.2. The van der Waals surface area contributed by atoms with Gasteiger partial charge < -0.3 is 5.11 Å². The highest BCUT2D eigenvalue weighted by Crippen LogP contribution is 2.22. The maximum absolute atomic E-state index is 12.0. The van der Waals surface area contributed by atoms with Crippen LogP contribution in [0.1, 0.15) is 33.1 Å². The zero-order valence-corrected chi connectivity index (χ0v) is 10.3. The van der Waals surface area contributed by atoms with Crippen molar-refractivity contribution >= 4 is 10.0 Å². The van der Waals surface area contributed by atoms with Gasteiger partial charge in [0.05, 0.1) is 12.4 Å². The molecular weight excluding hydrogens is 214 g/mol. The van der Waals surface area contributed by atoms with E-state index < -0.39 is 10.0 Å². The van der Waals surface area contributed by atoms with Gasteiger partial charge in [-0.3, -0.25) is 0 Å². The van der Waals surface area contributed by atoms with Crippen LogP contribution in [0.25, 0.3) is 0 Å². The largest absolute Gasteiger partial charge is 0.395 e. The van der Waals surface area contributed by atoms with Gasteiger partial charge in [0.1, 0.15) is 0 Å². The molecule has 0 spiro atoms. The van der Waals surface area contributed by atoms with Crippen LogP contribution in [0.2, 0.25) is 0 Å². The summed E-state index contributed by atoms with van der Waals surface area (Å²) in [6.07, 6.45) is 2.53. The van der Waals surface area contributed by atoms with Crippen LogP contribution in [0.3, 0.4) is 0 Å². The molecule has 1 saturated heterocycles. The molecule has 0 bridgehead atoms. The van der Waals surface area contributed by atoms with Crippen molar-refractivity contribution in [3.05, 3.63) is 0 Å². The molecule has 1 N–H and O–H groups in total. The fourth-order valence-corrected chi connectivity index (χ4v) is 4.11. The molecule has 0 radical (unpaired) electrons. The minimum absolute atomic E-state index is 0.0558. The lowest BCUT2D eigenvalue weighted by Crippen LogP contribution is -2.40. The average Bonchev–Trinajstić information content (AvgIpc) is 2.65. The standard InChI is InChI=1S/C10H21NO3S/c1-3-9(2)8-15(13,14)11-6-4-5-10(11)7-12/h9-10,12H,3-8H2,1-2H3/t9?,10-/m0/s1. The quantitative estimate of drug-likeness (QED) is 0.767. The van der Waals surface area contributed by atoms with Gasteiger partial charge in [0, 0.05) is 12.6 Å². The van der Waals surface area contributed by atoms with Gasteiger partial charge in [0.25, 0.3) is 0 Å². The molecule has 0 aliphatic carbocycles. The highest BCUT2D eigenvalue weighted by molar-refractivity contribution is 7.89.